The monoisotopic (exact) mass is 293 g/mol. The Kier molecular flexibility index (Phi) is 5.27. The van der Waals surface area contributed by atoms with E-state index in [0.717, 1.165) is 11.3 Å². The third-order valence-corrected chi connectivity index (χ3v) is 4.24. The van der Waals surface area contributed by atoms with Gasteiger partial charge in [0.15, 0.2) is 0 Å². The molecule has 0 saturated heterocycles. The van der Waals surface area contributed by atoms with E-state index >= 15 is 0 Å². The first-order chi connectivity index (χ1) is 8.36. The zero-order valence-corrected chi connectivity index (χ0v) is 11.8. The topological polar surface area (TPSA) is 95.7 Å². The van der Waals surface area contributed by atoms with E-state index in [4.69, 9.17) is 14.6 Å². The number of hydrogen-bond acceptors (Lipinski definition) is 6. The third-order valence-electron chi connectivity index (χ3n) is 2.04. The molecule has 1 aromatic rings. The normalized spacial score (nSPS) is 11.5. The van der Waals surface area contributed by atoms with Crippen LogP contribution >= 0.6 is 11.3 Å². The lowest BCUT2D eigenvalue weighted by atomic mass is 10.4. The molecule has 6 nitrogen and oxygen atoms in total. The van der Waals surface area contributed by atoms with Crippen LogP contribution in [0.4, 0.5) is 0 Å². The number of aryl methyl sites for hydroxylation is 1. The van der Waals surface area contributed by atoms with E-state index < -0.39 is 16.0 Å². The van der Waals surface area contributed by atoms with Crippen molar-refractivity contribution in [3.05, 3.63) is 15.8 Å². The molecule has 0 aliphatic heterocycles. The van der Waals surface area contributed by atoms with Crippen molar-refractivity contribution in [1.82, 2.24) is 0 Å². The minimum Gasteiger partial charge on any atom is -0.459 e. The van der Waals surface area contributed by atoms with E-state index in [1.54, 1.807) is 6.92 Å². The Morgan fingerprint density at radius 2 is 2.11 bits per heavy atom. The lowest BCUT2D eigenvalue weighted by Gasteiger charge is -2.02. The SMILES string of the molecule is CCOCCOC(=O)c1cc(S(N)(=O)=O)c(C)s1. The molecule has 0 aromatic carbocycles. The highest BCUT2D eigenvalue weighted by atomic mass is 32.2. The molecule has 0 atom stereocenters. The van der Waals surface area contributed by atoms with Gasteiger partial charge in [-0.3, -0.25) is 0 Å². The average molecular weight is 293 g/mol. The number of ether oxygens (including phenoxy) is 2. The first-order valence-corrected chi connectivity index (χ1v) is 7.60. The maximum absolute atomic E-state index is 11.6. The van der Waals surface area contributed by atoms with Crippen LogP contribution in [0, 0.1) is 6.92 Å². The second-order valence-corrected chi connectivity index (χ2v) is 6.20. The number of carbonyl (C=O) groups is 1. The van der Waals surface area contributed by atoms with Crippen LogP contribution in [0.5, 0.6) is 0 Å². The summed E-state index contributed by atoms with van der Waals surface area (Å²) in [6.07, 6.45) is 0. The van der Waals surface area contributed by atoms with Crippen LogP contribution in [0.3, 0.4) is 0 Å². The molecule has 0 amide bonds. The molecule has 1 rings (SSSR count). The van der Waals surface area contributed by atoms with Gasteiger partial charge in [0, 0.05) is 11.5 Å². The van der Waals surface area contributed by atoms with Gasteiger partial charge in [-0.2, -0.15) is 0 Å². The fourth-order valence-corrected chi connectivity index (χ4v) is 3.30. The summed E-state index contributed by atoms with van der Waals surface area (Å²) in [5.41, 5.74) is 0. The maximum atomic E-state index is 11.6. The highest BCUT2D eigenvalue weighted by Crippen LogP contribution is 2.25. The van der Waals surface area contributed by atoms with Gasteiger partial charge in [0.1, 0.15) is 11.5 Å². The first-order valence-electron chi connectivity index (χ1n) is 5.24. The summed E-state index contributed by atoms with van der Waals surface area (Å²) in [7, 11) is -3.80. The summed E-state index contributed by atoms with van der Waals surface area (Å²) >= 11 is 1.04. The quantitative estimate of drug-likeness (QED) is 0.621. The molecule has 1 aromatic heterocycles. The van der Waals surface area contributed by atoms with E-state index in [2.05, 4.69) is 0 Å². The Morgan fingerprint density at radius 3 is 2.61 bits per heavy atom. The summed E-state index contributed by atoms with van der Waals surface area (Å²) in [5, 5.41) is 5.02. The second kappa shape index (κ2) is 6.28. The average Bonchev–Trinajstić information content (AvgIpc) is 2.66. The fraction of sp³-hybridized carbons (Fsp3) is 0.500. The number of primary sulfonamides is 1. The van der Waals surface area contributed by atoms with Crippen molar-refractivity contribution in [2.24, 2.45) is 5.14 Å². The summed E-state index contributed by atoms with van der Waals surface area (Å²) in [6, 6.07) is 1.23. The van der Waals surface area contributed by atoms with Gasteiger partial charge in [-0.15, -0.1) is 11.3 Å². The molecular weight excluding hydrogens is 278 g/mol. The molecule has 0 radical (unpaired) electrons. The molecule has 8 heteroatoms. The Bertz CT molecular complexity index is 520. The van der Waals surface area contributed by atoms with Gasteiger partial charge in [-0.1, -0.05) is 0 Å². The molecule has 2 N–H and O–H groups in total. The largest absolute Gasteiger partial charge is 0.459 e. The number of thiophene rings is 1. The Hall–Kier alpha value is -0.960. The summed E-state index contributed by atoms with van der Waals surface area (Å²) in [5.74, 6) is -0.572. The number of hydrogen-bond donors (Lipinski definition) is 1. The van der Waals surface area contributed by atoms with Crippen molar-refractivity contribution in [3.8, 4) is 0 Å². The molecule has 0 fully saturated rings. The van der Waals surface area contributed by atoms with E-state index in [9.17, 15) is 13.2 Å². The van der Waals surface area contributed by atoms with Crippen molar-refractivity contribution in [2.75, 3.05) is 19.8 Å². The smallest absolute Gasteiger partial charge is 0.348 e. The standard InChI is InChI=1S/C10H15NO5S2/c1-3-15-4-5-16-10(12)8-6-9(7(2)17-8)18(11,13)14/h6H,3-5H2,1-2H3,(H2,11,13,14). The molecule has 1 heterocycles. The predicted octanol–water partition coefficient (Wildman–Crippen LogP) is 0.897. The summed E-state index contributed by atoms with van der Waals surface area (Å²) in [4.78, 5) is 12.2. The van der Waals surface area contributed by atoms with E-state index in [1.807, 2.05) is 6.92 Å². The second-order valence-electron chi connectivity index (χ2n) is 3.41. The maximum Gasteiger partial charge on any atom is 0.348 e. The van der Waals surface area contributed by atoms with Crippen LogP contribution in [0.1, 0.15) is 21.5 Å². The molecule has 0 aliphatic carbocycles. The van der Waals surface area contributed by atoms with Gasteiger partial charge in [0.05, 0.1) is 11.5 Å². The van der Waals surface area contributed by atoms with Crippen LogP contribution in [0.15, 0.2) is 11.0 Å². The molecule has 0 spiro atoms. The molecule has 0 saturated carbocycles. The Balaban J connectivity index is 2.71. The highest BCUT2D eigenvalue weighted by Gasteiger charge is 2.19. The van der Waals surface area contributed by atoms with Crippen LogP contribution in [0.2, 0.25) is 0 Å². The first kappa shape index (κ1) is 15.1. The zero-order valence-electron chi connectivity index (χ0n) is 10.1. The van der Waals surface area contributed by atoms with Crippen molar-refractivity contribution >= 4 is 27.3 Å². The Morgan fingerprint density at radius 1 is 1.44 bits per heavy atom. The van der Waals surface area contributed by atoms with Gasteiger partial charge in [0.2, 0.25) is 10.0 Å². The molecular formula is C10H15NO5S2. The van der Waals surface area contributed by atoms with Crippen molar-refractivity contribution < 1.29 is 22.7 Å². The van der Waals surface area contributed by atoms with Gasteiger partial charge in [-0.25, -0.2) is 18.4 Å². The lowest BCUT2D eigenvalue weighted by molar-refractivity contribution is 0.0340. The van der Waals surface area contributed by atoms with Crippen molar-refractivity contribution in [2.45, 2.75) is 18.7 Å². The summed E-state index contributed by atoms with van der Waals surface area (Å²) < 4.78 is 32.3. The number of sulfonamides is 1. The number of rotatable bonds is 6. The molecule has 0 aliphatic rings. The molecule has 0 unspecified atom stereocenters. The van der Waals surface area contributed by atoms with Crippen molar-refractivity contribution in [3.63, 3.8) is 0 Å². The van der Waals surface area contributed by atoms with Crippen LogP contribution < -0.4 is 5.14 Å². The van der Waals surface area contributed by atoms with Crippen LogP contribution in [-0.4, -0.2) is 34.2 Å². The van der Waals surface area contributed by atoms with Crippen LogP contribution in [-0.2, 0) is 19.5 Å². The van der Waals surface area contributed by atoms with Crippen LogP contribution in [0.25, 0.3) is 0 Å². The van der Waals surface area contributed by atoms with E-state index in [0.29, 0.717) is 18.1 Å². The number of nitrogens with two attached hydrogens (primary N) is 1. The fourth-order valence-electron chi connectivity index (χ4n) is 1.26. The zero-order chi connectivity index (χ0) is 13.8. The van der Waals surface area contributed by atoms with E-state index in [-0.39, 0.29) is 16.4 Å². The number of esters is 1. The lowest BCUT2D eigenvalue weighted by Crippen LogP contribution is -2.12. The highest BCUT2D eigenvalue weighted by molar-refractivity contribution is 7.89. The minimum atomic E-state index is -3.80. The molecule has 0 bridgehead atoms. The minimum absolute atomic E-state index is 0.0377. The number of carbonyl (C=O) groups excluding carboxylic acids is 1. The van der Waals surface area contributed by atoms with Crippen molar-refractivity contribution in [1.29, 1.82) is 0 Å². The third kappa shape index (κ3) is 4.05. The van der Waals surface area contributed by atoms with Gasteiger partial charge >= 0.3 is 5.97 Å². The van der Waals surface area contributed by atoms with E-state index in [1.165, 1.54) is 6.07 Å². The summed E-state index contributed by atoms with van der Waals surface area (Å²) in [6.45, 7) is 4.42. The van der Waals surface area contributed by atoms with Gasteiger partial charge in [-0.05, 0) is 19.9 Å². The Labute approximate surface area is 110 Å². The molecule has 18 heavy (non-hydrogen) atoms. The predicted molar refractivity (Wildman–Crippen MR) is 67.2 cm³/mol. The molecule has 102 valence electrons. The van der Waals surface area contributed by atoms with Gasteiger partial charge in [0.25, 0.3) is 0 Å². The van der Waals surface area contributed by atoms with Gasteiger partial charge < -0.3 is 9.47 Å².